The van der Waals surface area contributed by atoms with E-state index >= 15 is 0 Å². The minimum absolute atomic E-state index is 0.126. The van der Waals surface area contributed by atoms with Gasteiger partial charge in [-0.25, -0.2) is 4.68 Å². The molecule has 1 aliphatic heterocycles. The van der Waals surface area contributed by atoms with Crippen LogP contribution in [0.2, 0.25) is 0 Å². The van der Waals surface area contributed by atoms with Gasteiger partial charge in [0.1, 0.15) is 11.4 Å². The molecule has 7 nitrogen and oxygen atoms in total. The number of carbonyl (C=O) groups is 1. The first kappa shape index (κ1) is 15.2. The van der Waals surface area contributed by atoms with Crippen molar-refractivity contribution in [3.05, 3.63) is 11.8 Å². The van der Waals surface area contributed by atoms with Gasteiger partial charge in [0.15, 0.2) is 0 Å². The van der Waals surface area contributed by atoms with Gasteiger partial charge in [0, 0.05) is 26.7 Å². The summed E-state index contributed by atoms with van der Waals surface area (Å²) in [6.07, 6.45) is 2.37. The van der Waals surface area contributed by atoms with E-state index in [1.54, 1.807) is 14.2 Å². The number of nitrogens with one attached hydrogen (secondary N) is 1. The summed E-state index contributed by atoms with van der Waals surface area (Å²) in [6.45, 7) is 3.17. The average molecular weight is 291 g/mol. The first-order valence-electron chi connectivity index (χ1n) is 6.85. The van der Waals surface area contributed by atoms with E-state index in [0.29, 0.717) is 18.0 Å². The van der Waals surface area contributed by atoms with Crippen LogP contribution in [0.1, 0.15) is 29.7 Å². The third kappa shape index (κ3) is 2.95. The van der Waals surface area contributed by atoms with Crippen molar-refractivity contribution >= 4 is 11.7 Å². The van der Waals surface area contributed by atoms with E-state index in [1.165, 1.54) is 6.20 Å². The molecule has 7 heteroatoms. The average Bonchev–Trinajstić information content (AvgIpc) is 3.03. The lowest BCUT2D eigenvalue weighted by atomic mass is 10.2. The number of aromatic nitrogens is 2. The van der Waals surface area contributed by atoms with Gasteiger partial charge in [-0.3, -0.25) is 4.79 Å². The molecule has 0 saturated carbocycles. The largest absolute Gasteiger partial charge is 0.383 e. The van der Waals surface area contributed by atoms with Crippen LogP contribution in [0.4, 0.5) is 5.82 Å². The van der Waals surface area contributed by atoms with E-state index in [0.717, 1.165) is 13.0 Å². The van der Waals surface area contributed by atoms with Crippen LogP contribution in [-0.2, 0) is 4.74 Å². The predicted octanol–water partition coefficient (Wildman–Crippen LogP) is 0.266. The molecule has 0 bridgehead atoms. The molecule has 0 aromatic carbocycles. The molecule has 0 aliphatic carbocycles. The van der Waals surface area contributed by atoms with Crippen LogP contribution in [0, 0.1) is 12.0 Å². The van der Waals surface area contributed by atoms with Gasteiger partial charge in [0.25, 0.3) is 5.91 Å². The van der Waals surface area contributed by atoms with Gasteiger partial charge in [-0.1, -0.05) is 5.92 Å². The van der Waals surface area contributed by atoms with E-state index < -0.39 is 5.91 Å². The molecule has 2 rings (SSSR count). The summed E-state index contributed by atoms with van der Waals surface area (Å²) in [4.78, 5) is 13.5. The molecule has 0 spiro atoms. The first-order valence-corrected chi connectivity index (χ1v) is 6.85. The molecule has 21 heavy (non-hydrogen) atoms. The quantitative estimate of drug-likeness (QED) is 0.760. The number of primary amides is 1. The molecule has 1 saturated heterocycles. The Morgan fingerprint density at radius 2 is 2.43 bits per heavy atom. The summed E-state index contributed by atoms with van der Waals surface area (Å²) < 4.78 is 7.08. The fourth-order valence-electron chi connectivity index (χ4n) is 2.77. The Hall–Kier alpha value is -2.20. The summed E-state index contributed by atoms with van der Waals surface area (Å²) in [5.41, 5.74) is 5.77. The van der Waals surface area contributed by atoms with E-state index in [2.05, 4.69) is 27.3 Å². The molecule has 0 unspecified atom stereocenters. The second-order valence-corrected chi connectivity index (χ2v) is 4.98. The number of hydrogen-bond acceptors (Lipinski definition) is 5. The van der Waals surface area contributed by atoms with Crippen molar-refractivity contribution in [2.75, 3.05) is 32.6 Å². The zero-order chi connectivity index (χ0) is 15.4. The number of likely N-dealkylation sites (tertiary alicyclic amines) is 1. The van der Waals surface area contributed by atoms with Gasteiger partial charge < -0.3 is 20.7 Å². The van der Waals surface area contributed by atoms with Crippen LogP contribution < -0.4 is 11.1 Å². The Kier molecular flexibility index (Phi) is 4.70. The van der Waals surface area contributed by atoms with Crippen LogP contribution in [0.3, 0.4) is 0 Å². The van der Waals surface area contributed by atoms with E-state index in [1.807, 2.05) is 11.6 Å². The SMILES string of the molecule is CC#CN1C[C@@H](n2ncc(C(N)=O)c2NC)C[C@@H]1COC. The number of nitrogens with zero attached hydrogens (tertiary/aromatic N) is 3. The fraction of sp³-hybridized carbons (Fsp3) is 0.571. The number of methoxy groups -OCH3 is 1. The van der Waals surface area contributed by atoms with Gasteiger partial charge in [0.05, 0.1) is 24.9 Å². The van der Waals surface area contributed by atoms with Crippen molar-refractivity contribution in [2.24, 2.45) is 5.73 Å². The van der Waals surface area contributed by atoms with Crippen LogP contribution in [0.5, 0.6) is 0 Å². The molecule has 114 valence electrons. The molecule has 1 aliphatic rings. The summed E-state index contributed by atoms with van der Waals surface area (Å²) in [6, 6.07) is 3.44. The lowest BCUT2D eigenvalue weighted by molar-refractivity contribution is 0.100. The highest BCUT2D eigenvalue weighted by Crippen LogP contribution is 2.30. The molecule has 1 aromatic rings. The lowest BCUT2D eigenvalue weighted by Crippen LogP contribution is -2.28. The van der Waals surface area contributed by atoms with Crippen molar-refractivity contribution < 1.29 is 9.53 Å². The van der Waals surface area contributed by atoms with Crippen molar-refractivity contribution in [2.45, 2.75) is 25.4 Å². The summed E-state index contributed by atoms with van der Waals surface area (Å²) in [7, 11) is 3.44. The topological polar surface area (TPSA) is 85.4 Å². The second kappa shape index (κ2) is 6.50. The standard InChI is InChI=1S/C14H21N5O2/c1-4-5-18-8-10(6-11(18)9-21-3)19-14(16-2)12(7-17-19)13(15)20/h7,10-11,16H,6,8-9H2,1-3H3,(H2,15,20)/t10-,11+/m0/s1. The number of anilines is 1. The van der Waals surface area contributed by atoms with Gasteiger partial charge >= 0.3 is 0 Å². The number of amides is 1. The Balaban J connectivity index is 2.26. The summed E-state index contributed by atoms with van der Waals surface area (Å²) in [5.74, 6) is 3.09. The normalized spacial score (nSPS) is 21.0. The molecule has 1 aromatic heterocycles. The number of ether oxygens (including phenoxy) is 1. The van der Waals surface area contributed by atoms with Crippen molar-refractivity contribution in [1.82, 2.24) is 14.7 Å². The Morgan fingerprint density at radius 3 is 3.00 bits per heavy atom. The Labute approximate surface area is 124 Å². The van der Waals surface area contributed by atoms with E-state index in [9.17, 15) is 4.79 Å². The molecule has 2 heterocycles. The minimum atomic E-state index is -0.484. The molecule has 1 fully saturated rings. The monoisotopic (exact) mass is 291 g/mol. The van der Waals surface area contributed by atoms with Crippen LogP contribution in [-0.4, -0.2) is 53.9 Å². The molecular formula is C14H21N5O2. The maximum Gasteiger partial charge on any atom is 0.254 e. The zero-order valence-corrected chi connectivity index (χ0v) is 12.6. The third-order valence-corrected chi connectivity index (χ3v) is 3.65. The second-order valence-electron chi connectivity index (χ2n) is 4.98. The highest BCUT2D eigenvalue weighted by Gasteiger charge is 2.34. The maximum atomic E-state index is 11.4. The van der Waals surface area contributed by atoms with Crippen LogP contribution in [0.25, 0.3) is 0 Å². The van der Waals surface area contributed by atoms with E-state index in [-0.39, 0.29) is 12.1 Å². The zero-order valence-electron chi connectivity index (χ0n) is 12.6. The minimum Gasteiger partial charge on any atom is -0.383 e. The number of carbonyl (C=O) groups excluding carboxylic acids is 1. The van der Waals surface area contributed by atoms with Crippen molar-refractivity contribution in [1.29, 1.82) is 0 Å². The van der Waals surface area contributed by atoms with Crippen molar-refractivity contribution in [3.63, 3.8) is 0 Å². The molecule has 1 amide bonds. The lowest BCUT2D eigenvalue weighted by Gasteiger charge is -2.18. The number of nitrogens with two attached hydrogens (primary N) is 1. The van der Waals surface area contributed by atoms with Gasteiger partial charge in [-0.2, -0.15) is 5.10 Å². The molecular weight excluding hydrogens is 270 g/mol. The molecule has 0 radical (unpaired) electrons. The van der Waals surface area contributed by atoms with E-state index in [4.69, 9.17) is 10.5 Å². The van der Waals surface area contributed by atoms with Crippen molar-refractivity contribution in [3.8, 4) is 12.0 Å². The maximum absolute atomic E-state index is 11.4. The highest BCUT2D eigenvalue weighted by atomic mass is 16.5. The van der Waals surface area contributed by atoms with Crippen LogP contribution in [0.15, 0.2) is 6.20 Å². The summed E-state index contributed by atoms with van der Waals surface area (Å²) in [5, 5.41) is 7.33. The molecule has 2 atom stereocenters. The third-order valence-electron chi connectivity index (χ3n) is 3.65. The first-order chi connectivity index (χ1) is 10.1. The smallest absolute Gasteiger partial charge is 0.254 e. The number of hydrogen-bond donors (Lipinski definition) is 2. The highest BCUT2D eigenvalue weighted by molar-refractivity contribution is 5.97. The van der Waals surface area contributed by atoms with Gasteiger partial charge in [-0.15, -0.1) is 0 Å². The van der Waals surface area contributed by atoms with Gasteiger partial charge in [0.2, 0.25) is 0 Å². The Bertz CT molecular complexity index is 572. The van der Waals surface area contributed by atoms with Gasteiger partial charge in [-0.05, 0) is 13.3 Å². The fourth-order valence-corrected chi connectivity index (χ4v) is 2.77. The Morgan fingerprint density at radius 1 is 1.67 bits per heavy atom. The summed E-state index contributed by atoms with van der Waals surface area (Å²) >= 11 is 0. The number of rotatable bonds is 5. The predicted molar refractivity (Wildman–Crippen MR) is 79.8 cm³/mol. The molecule has 3 N–H and O–H groups in total. The van der Waals surface area contributed by atoms with Crippen LogP contribution >= 0.6 is 0 Å².